The minimum atomic E-state index is -1.37. The highest BCUT2D eigenvalue weighted by Crippen LogP contribution is 2.20. The molecule has 4 atom stereocenters. The topological polar surface area (TPSA) is 199 Å². The fraction of sp³-hybridized carbons (Fsp3) is 0.650. The minimum absolute atomic E-state index is 0.0314. The van der Waals surface area contributed by atoms with Gasteiger partial charge in [0.25, 0.3) is 0 Å². The predicted molar refractivity (Wildman–Crippen MR) is 112 cm³/mol. The van der Waals surface area contributed by atoms with E-state index in [0.717, 1.165) is 6.92 Å². The van der Waals surface area contributed by atoms with Crippen molar-refractivity contribution in [2.24, 2.45) is 5.92 Å². The van der Waals surface area contributed by atoms with Crippen molar-refractivity contribution in [1.82, 2.24) is 20.9 Å². The van der Waals surface area contributed by atoms with Gasteiger partial charge in [-0.15, -0.1) is 0 Å². The second kappa shape index (κ2) is 12.5. The van der Waals surface area contributed by atoms with Crippen LogP contribution in [-0.2, 0) is 33.6 Å². The third-order valence-corrected chi connectivity index (χ3v) is 4.89. The van der Waals surface area contributed by atoms with Crippen LogP contribution in [0.3, 0.4) is 0 Å². The van der Waals surface area contributed by atoms with E-state index in [4.69, 9.17) is 10.2 Å². The summed E-state index contributed by atoms with van der Waals surface area (Å²) in [5, 5.41) is 24.8. The number of carboxylic acids is 2. The van der Waals surface area contributed by atoms with Gasteiger partial charge in [-0.05, 0) is 18.8 Å². The van der Waals surface area contributed by atoms with Crippen LogP contribution in [0.5, 0.6) is 0 Å². The van der Waals surface area contributed by atoms with Gasteiger partial charge in [-0.1, -0.05) is 13.8 Å². The Morgan fingerprint density at radius 1 is 1.06 bits per heavy atom. The lowest BCUT2D eigenvalue weighted by molar-refractivity contribution is -0.143. The van der Waals surface area contributed by atoms with Gasteiger partial charge in [0, 0.05) is 13.5 Å². The van der Waals surface area contributed by atoms with E-state index in [0.29, 0.717) is 6.29 Å². The summed E-state index contributed by atoms with van der Waals surface area (Å²) in [5.74, 6) is -5.36. The highest BCUT2D eigenvalue weighted by atomic mass is 16.4. The Hall–Kier alpha value is -3.51. The standard InChI is InChI=1S/C20H30N4O9/c1-10(2)6-15(19(32)22-12(9-25)7-16(27)28)24-5-4-13(20(24)33)23-18(31)14(8-17(29)30)21-11(3)26/h9-10,12-15H,4-8H2,1-3H3,(H,21,26)(H,22,32)(H,23,31)(H,27,28)(H,29,30)/t12-,13+,14-,15-/m0/s1. The van der Waals surface area contributed by atoms with Crippen molar-refractivity contribution in [2.75, 3.05) is 6.54 Å². The van der Waals surface area contributed by atoms with Gasteiger partial charge < -0.3 is 35.9 Å². The van der Waals surface area contributed by atoms with Crippen LogP contribution < -0.4 is 16.0 Å². The number of carbonyl (C=O) groups excluding carboxylic acids is 5. The lowest BCUT2D eigenvalue weighted by Gasteiger charge is -2.29. The van der Waals surface area contributed by atoms with Crippen LogP contribution in [0, 0.1) is 5.92 Å². The molecule has 0 saturated carbocycles. The van der Waals surface area contributed by atoms with Gasteiger partial charge in [0.05, 0.1) is 18.9 Å². The Morgan fingerprint density at radius 2 is 1.67 bits per heavy atom. The number of amides is 4. The molecule has 13 nitrogen and oxygen atoms in total. The number of carboxylic acid groups (broad SMARTS) is 2. The van der Waals surface area contributed by atoms with E-state index in [1.165, 1.54) is 4.90 Å². The fourth-order valence-electron chi connectivity index (χ4n) is 3.47. The molecule has 4 amide bonds. The Bertz CT molecular complexity index is 782. The number of hydrogen-bond donors (Lipinski definition) is 5. The molecule has 0 aromatic heterocycles. The molecule has 1 aliphatic heterocycles. The molecular formula is C20H30N4O9. The molecule has 1 saturated heterocycles. The molecule has 0 bridgehead atoms. The summed E-state index contributed by atoms with van der Waals surface area (Å²) in [5.41, 5.74) is 0. The van der Waals surface area contributed by atoms with Crippen molar-refractivity contribution in [2.45, 2.75) is 70.6 Å². The zero-order valence-electron chi connectivity index (χ0n) is 18.7. The first kappa shape index (κ1) is 27.5. The van der Waals surface area contributed by atoms with Crippen molar-refractivity contribution < 1.29 is 43.8 Å². The molecule has 1 rings (SSSR count). The first-order chi connectivity index (χ1) is 15.3. The highest BCUT2D eigenvalue weighted by Gasteiger charge is 2.41. The van der Waals surface area contributed by atoms with Crippen LogP contribution in [0.1, 0.15) is 46.5 Å². The van der Waals surface area contributed by atoms with E-state index in [9.17, 15) is 33.6 Å². The molecule has 0 spiro atoms. The molecule has 0 aromatic rings. The number of aldehydes is 1. The normalized spacial score (nSPS) is 18.2. The van der Waals surface area contributed by atoms with Crippen LogP contribution >= 0.6 is 0 Å². The highest BCUT2D eigenvalue weighted by molar-refractivity contribution is 5.96. The summed E-state index contributed by atoms with van der Waals surface area (Å²) in [7, 11) is 0. The number of rotatable bonds is 13. The molecule has 13 heteroatoms. The van der Waals surface area contributed by atoms with Gasteiger partial charge in [-0.25, -0.2) is 0 Å². The summed E-state index contributed by atoms with van der Waals surface area (Å²) < 4.78 is 0. The minimum Gasteiger partial charge on any atom is -0.481 e. The molecule has 5 N–H and O–H groups in total. The third-order valence-electron chi connectivity index (χ3n) is 4.89. The van der Waals surface area contributed by atoms with Gasteiger partial charge in [0.1, 0.15) is 24.4 Å². The molecule has 1 fully saturated rings. The molecule has 0 aliphatic carbocycles. The summed E-state index contributed by atoms with van der Waals surface area (Å²) in [6, 6.07) is -4.67. The Kier molecular flexibility index (Phi) is 10.4. The second-order valence-corrected chi connectivity index (χ2v) is 8.23. The van der Waals surface area contributed by atoms with Crippen LogP contribution in [0.15, 0.2) is 0 Å². The summed E-state index contributed by atoms with van der Waals surface area (Å²) in [6.45, 7) is 4.86. The van der Waals surface area contributed by atoms with Gasteiger partial charge in [-0.3, -0.25) is 28.8 Å². The second-order valence-electron chi connectivity index (χ2n) is 8.23. The van der Waals surface area contributed by atoms with Crippen molar-refractivity contribution in [1.29, 1.82) is 0 Å². The SMILES string of the molecule is CC(=O)N[C@@H](CC(=O)O)C(=O)N[C@@H]1CCN([C@@H](CC(C)C)C(=O)N[C@H](C=O)CC(=O)O)C1=O. The molecular weight excluding hydrogens is 440 g/mol. The van der Waals surface area contributed by atoms with E-state index in [1.807, 2.05) is 13.8 Å². The summed E-state index contributed by atoms with van der Waals surface area (Å²) in [4.78, 5) is 83.7. The molecule has 33 heavy (non-hydrogen) atoms. The maximum absolute atomic E-state index is 12.9. The van der Waals surface area contributed by atoms with Gasteiger partial charge in [0.2, 0.25) is 23.6 Å². The molecule has 0 unspecified atom stereocenters. The molecule has 184 valence electrons. The molecule has 1 aliphatic rings. The Labute approximate surface area is 190 Å². The smallest absolute Gasteiger partial charge is 0.305 e. The van der Waals surface area contributed by atoms with Crippen molar-refractivity contribution in [3.8, 4) is 0 Å². The average molecular weight is 470 g/mol. The number of aliphatic carboxylic acids is 2. The van der Waals surface area contributed by atoms with Crippen molar-refractivity contribution in [3.05, 3.63) is 0 Å². The van der Waals surface area contributed by atoms with E-state index in [1.54, 1.807) is 0 Å². The van der Waals surface area contributed by atoms with Crippen LogP contribution in [0.2, 0.25) is 0 Å². The van der Waals surface area contributed by atoms with E-state index >= 15 is 0 Å². The van der Waals surface area contributed by atoms with Gasteiger partial charge >= 0.3 is 11.9 Å². The van der Waals surface area contributed by atoms with Crippen molar-refractivity contribution in [3.63, 3.8) is 0 Å². The zero-order valence-corrected chi connectivity index (χ0v) is 18.7. The third kappa shape index (κ3) is 8.86. The lowest BCUT2D eigenvalue weighted by Crippen LogP contribution is -2.55. The summed E-state index contributed by atoms with van der Waals surface area (Å²) in [6.07, 6.45) is -0.615. The number of carbonyl (C=O) groups is 7. The first-order valence-electron chi connectivity index (χ1n) is 10.4. The lowest BCUT2D eigenvalue weighted by atomic mass is 10.0. The maximum atomic E-state index is 12.9. The summed E-state index contributed by atoms with van der Waals surface area (Å²) >= 11 is 0. The molecule has 0 radical (unpaired) electrons. The van der Waals surface area contributed by atoms with Gasteiger partial charge in [-0.2, -0.15) is 0 Å². The van der Waals surface area contributed by atoms with E-state index < -0.39 is 72.6 Å². The first-order valence-corrected chi connectivity index (χ1v) is 10.4. The maximum Gasteiger partial charge on any atom is 0.305 e. The largest absolute Gasteiger partial charge is 0.481 e. The predicted octanol–water partition coefficient (Wildman–Crippen LogP) is -1.74. The van der Waals surface area contributed by atoms with Crippen LogP contribution in [0.4, 0.5) is 0 Å². The molecule has 1 heterocycles. The molecule has 0 aromatic carbocycles. The number of likely N-dealkylation sites (tertiary alicyclic amines) is 1. The number of hydrogen-bond acceptors (Lipinski definition) is 7. The Morgan fingerprint density at radius 3 is 2.15 bits per heavy atom. The average Bonchev–Trinajstić information content (AvgIpc) is 3.03. The quantitative estimate of drug-likeness (QED) is 0.194. The van der Waals surface area contributed by atoms with Crippen molar-refractivity contribution >= 4 is 41.9 Å². The zero-order chi connectivity index (χ0) is 25.3. The van der Waals surface area contributed by atoms with Crippen LogP contribution in [-0.4, -0.2) is 87.7 Å². The number of nitrogens with zero attached hydrogens (tertiary/aromatic N) is 1. The van der Waals surface area contributed by atoms with Gasteiger partial charge in [0.15, 0.2) is 0 Å². The fourth-order valence-corrected chi connectivity index (χ4v) is 3.47. The van der Waals surface area contributed by atoms with E-state index in [-0.39, 0.29) is 25.3 Å². The Balaban J connectivity index is 2.94. The van der Waals surface area contributed by atoms with E-state index in [2.05, 4.69) is 16.0 Å². The van der Waals surface area contributed by atoms with Crippen LogP contribution in [0.25, 0.3) is 0 Å². The monoisotopic (exact) mass is 470 g/mol. The number of nitrogens with one attached hydrogen (secondary N) is 3.